The number of carbonyl (C=O) groups is 1. The lowest BCUT2D eigenvalue weighted by Crippen LogP contribution is -2.38. The normalized spacial score (nSPS) is 16.6. The van der Waals surface area contributed by atoms with Gasteiger partial charge in [0.1, 0.15) is 5.82 Å². The summed E-state index contributed by atoms with van der Waals surface area (Å²) in [7, 11) is 0. The van der Waals surface area contributed by atoms with Crippen molar-refractivity contribution in [3.05, 3.63) is 30.1 Å². The van der Waals surface area contributed by atoms with Crippen LogP contribution in [0.2, 0.25) is 0 Å². The van der Waals surface area contributed by atoms with Crippen LogP contribution in [0.3, 0.4) is 0 Å². The molecule has 0 aromatic heterocycles. The predicted molar refractivity (Wildman–Crippen MR) is 74.4 cm³/mol. The summed E-state index contributed by atoms with van der Waals surface area (Å²) < 4.78 is 13.5. The SMILES string of the molecule is N#CCCN1CCC(C(=O)Nc2ccccc2F)CC1. The van der Waals surface area contributed by atoms with Crippen LogP contribution in [0.5, 0.6) is 0 Å². The van der Waals surface area contributed by atoms with Crippen LogP contribution >= 0.6 is 0 Å². The van der Waals surface area contributed by atoms with E-state index in [1.807, 2.05) is 0 Å². The smallest absolute Gasteiger partial charge is 0.227 e. The number of piperidine rings is 1. The van der Waals surface area contributed by atoms with E-state index >= 15 is 0 Å². The third kappa shape index (κ3) is 3.78. The Morgan fingerprint density at radius 2 is 2.10 bits per heavy atom. The van der Waals surface area contributed by atoms with Crippen LogP contribution in [0, 0.1) is 23.1 Å². The minimum atomic E-state index is -0.410. The first-order valence-corrected chi connectivity index (χ1v) is 6.85. The molecular weight excluding hydrogens is 257 g/mol. The predicted octanol–water partition coefficient (Wildman–Crippen LogP) is 2.39. The van der Waals surface area contributed by atoms with Crippen LogP contribution in [0.4, 0.5) is 10.1 Å². The summed E-state index contributed by atoms with van der Waals surface area (Å²) >= 11 is 0. The lowest BCUT2D eigenvalue weighted by molar-refractivity contribution is -0.121. The number of nitrogens with one attached hydrogen (secondary N) is 1. The van der Waals surface area contributed by atoms with Crippen molar-refractivity contribution in [3.63, 3.8) is 0 Å². The maximum absolute atomic E-state index is 13.5. The topological polar surface area (TPSA) is 56.1 Å². The molecule has 1 amide bonds. The van der Waals surface area contributed by atoms with Crippen LogP contribution in [-0.2, 0) is 4.79 Å². The number of likely N-dealkylation sites (tertiary alicyclic amines) is 1. The van der Waals surface area contributed by atoms with Gasteiger partial charge in [-0.05, 0) is 38.1 Å². The summed E-state index contributed by atoms with van der Waals surface area (Å²) in [4.78, 5) is 14.3. The van der Waals surface area contributed by atoms with Crippen LogP contribution in [0.25, 0.3) is 0 Å². The van der Waals surface area contributed by atoms with E-state index in [1.54, 1.807) is 18.2 Å². The maximum atomic E-state index is 13.5. The van der Waals surface area contributed by atoms with Crippen molar-refractivity contribution in [2.75, 3.05) is 25.0 Å². The highest BCUT2D eigenvalue weighted by atomic mass is 19.1. The number of rotatable bonds is 4. The van der Waals surface area contributed by atoms with Gasteiger partial charge in [-0.2, -0.15) is 5.26 Å². The first kappa shape index (κ1) is 14.5. The minimum Gasteiger partial charge on any atom is -0.323 e. The Kier molecular flexibility index (Phi) is 5.08. The molecule has 1 saturated heterocycles. The van der Waals surface area contributed by atoms with Crippen molar-refractivity contribution in [2.45, 2.75) is 19.3 Å². The standard InChI is InChI=1S/C15H18FN3O/c16-13-4-1-2-5-14(13)18-15(20)12-6-10-19(11-7-12)9-3-8-17/h1-2,4-5,12H,3,6-7,9-11H2,(H,18,20). The Bertz CT molecular complexity index is 504. The van der Waals surface area contributed by atoms with Gasteiger partial charge in [0, 0.05) is 18.9 Å². The van der Waals surface area contributed by atoms with Gasteiger partial charge in [0.05, 0.1) is 11.8 Å². The summed E-state index contributed by atoms with van der Waals surface area (Å²) in [6, 6.07) is 8.32. The third-order valence-corrected chi connectivity index (χ3v) is 3.63. The maximum Gasteiger partial charge on any atom is 0.227 e. The molecule has 1 N–H and O–H groups in total. The number of hydrogen-bond donors (Lipinski definition) is 1. The number of anilines is 1. The van der Waals surface area contributed by atoms with Crippen LogP contribution in [0.1, 0.15) is 19.3 Å². The van der Waals surface area contributed by atoms with E-state index in [1.165, 1.54) is 6.07 Å². The van der Waals surface area contributed by atoms with E-state index in [4.69, 9.17) is 5.26 Å². The molecule has 0 aliphatic carbocycles. The summed E-state index contributed by atoms with van der Waals surface area (Å²) in [5.74, 6) is -0.602. The number of benzene rings is 1. The average Bonchev–Trinajstić information content (AvgIpc) is 2.48. The summed E-state index contributed by atoms with van der Waals surface area (Å²) in [5, 5.41) is 11.2. The summed E-state index contributed by atoms with van der Waals surface area (Å²) in [6.45, 7) is 2.40. The van der Waals surface area contributed by atoms with Gasteiger partial charge in [-0.15, -0.1) is 0 Å². The fraction of sp³-hybridized carbons (Fsp3) is 0.467. The molecule has 0 saturated carbocycles. The Morgan fingerprint density at radius 1 is 1.40 bits per heavy atom. The fourth-order valence-electron chi connectivity index (χ4n) is 2.42. The molecule has 0 unspecified atom stereocenters. The number of hydrogen-bond acceptors (Lipinski definition) is 3. The molecule has 1 fully saturated rings. The quantitative estimate of drug-likeness (QED) is 0.918. The molecule has 0 spiro atoms. The van der Waals surface area contributed by atoms with Gasteiger partial charge in [0.25, 0.3) is 0 Å². The van der Waals surface area contributed by atoms with Crippen LogP contribution in [-0.4, -0.2) is 30.4 Å². The molecule has 1 aliphatic heterocycles. The molecule has 1 aromatic carbocycles. The van der Waals surface area contributed by atoms with Gasteiger partial charge in [-0.3, -0.25) is 4.79 Å². The highest BCUT2D eigenvalue weighted by molar-refractivity contribution is 5.92. The molecule has 0 bridgehead atoms. The largest absolute Gasteiger partial charge is 0.323 e. The second-order valence-electron chi connectivity index (χ2n) is 4.99. The zero-order chi connectivity index (χ0) is 14.4. The number of carbonyl (C=O) groups excluding carboxylic acids is 1. The molecule has 2 rings (SSSR count). The Morgan fingerprint density at radius 3 is 2.75 bits per heavy atom. The number of para-hydroxylation sites is 1. The number of nitriles is 1. The van der Waals surface area contributed by atoms with Crippen molar-refractivity contribution in [1.29, 1.82) is 5.26 Å². The van der Waals surface area contributed by atoms with E-state index in [9.17, 15) is 9.18 Å². The number of nitrogens with zero attached hydrogens (tertiary/aromatic N) is 2. The van der Waals surface area contributed by atoms with Crippen LogP contribution in [0.15, 0.2) is 24.3 Å². The second kappa shape index (κ2) is 7.01. The first-order chi connectivity index (χ1) is 9.70. The van der Waals surface area contributed by atoms with Crippen LogP contribution < -0.4 is 5.32 Å². The average molecular weight is 275 g/mol. The third-order valence-electron chi connectivity index (χ3n) is 3.63. The van der Waals surface area contributed by atoms with E-state index in [-0.39, 0.29) is 17.5 Å². The lowest BCUT2D eigenvalue weighted by atomic mass is 9.95. The van der Waals surface area contributed by atoms with Gasteiger partial charge >= 0.3 is 0 Å². The molecule has 1 aliphatic rings. The molecule has 5 heteroatoms. The van der Waals surface area contributed by atoms with Gasteiger partial charge < -0.3 is 10.2 Å². The molecule has 0 atom stereocenters. The molecule has 4 nitrogen and oxygen atoms in total. The number of halogens is 1. The molecule has 1 aromatic rings. The molecule has 20 heavy (non-hydrogen) atoms. The first-order valence-electron chi connectivity index (χ1n) is 6.85. The summed E-state index contributed by atoms with van der Waals surface area (Å²) in [5.41, 5.74) is 0.240. The zero-order valence-electron chi connectivity index (χ0n) is 11.3. The van der Waals surface area contributed by atoms with Crippen molar-refractivity contribution in [2.24, 2.45) is 5.92 Å². The van der Waals surface area contributed by atoms with Gasteiger partial charge in [-0.1, -0.05) is 12.1 Å². The number of amides is 1. The zero-order valence-corrected chi connectivity index (χ0v) is 11.3. The van der Waals surface area contributed by atoms with Crippen molar-refractivity contribution in [1.82, 2.24) is 4.90 Å². The van der Waals surface area contributed by atoms with E-state index < -0.39 is 5.82 Å². The molecular formula is C15H18FN3O. The Labute approximate surface area is 118 Å². The highest BCUT2D eigenvalue weighted by Crippen LogP contribution is 2.20. The van der Waals surface area contributed by atoms with Crippen molar-refractivity contribution < 1.29 is 9.18 Å². The highest BCUT2D eigenvalue weighted by Gasteiger charge is 2.25. The van der Waals surface area contributed by atoms with E-state index in [0.717, 1.165) is 32.5 Å². The van der Waals surface area contributed by atoms with Gasteiger partial charge in [-0.25, -0.2) is 4.39 Å². The molecule has 1 heterocycles. The molecule has 106 valence electrons. The Hall–Kier alpha value is -1.93. The van der Waals surface area contributed by atoms with Gasteiger partial charge in [0.2, 0.25) is 5.91 Å². The molecule has 0 radical (unpaired) electrons. The fourth-order valence-corrected chi connectivity index (χ4v) is 2.42. The van der Waals surface area contributed by atoms with Crippen molar-refractivity contribution in [3.8, 4) is 6.07 Å². The summed E-state index contributed by atoms with van der Waals surface area (Å²) in [6.07, 6.45) is 2.03. The van der Waals surface area contributed by atoms with Gasteiger partial charge in [0.15, 0.2) is 0 Å². The lowest BCUT2D eigenvalue weighted by Gasteiger charge is -2.30. The monoisotopic (exact) mass is 275 g/mol. The second-order valence-corrected chi connectivity index (χ2v) is 4.99. The Balaban J connectivity index is 1.83. The van der Waals surface area contributed by atoms with Crippen molar-refractivity contribution >= 4 is 11.6 Å². The van der Waals surface area contributed by atoms with E-state index in [2.05, 4.69) is 16.3 Å². The minimum absolute atomic E-state index is 0.0760. The van der Waals surface area contributed by atoms with E-state index in [0.29, 0.717) is 6.42 Å².